The van der Waals surface area contributed by atoms with Crippen LogP contribution in [0.1, 0.15) is 38.5 Å². The van der Waals surface area contributed by atoms with E-state index in [1.54, 1.807) is 19.0 Å². The lowest BCUT2D eigenvalue weighted by Gasteiger charge is -2.38. The molecule has 1 heterocycles. The molecule has 0 aromatic rings. The van der Waals surface area contributed by atoms with Gasteiger partial charge in [0.25, 0.3) is 0 Å². The lowest BCUT2D eigenvalue weighted by atomic mass is 9.93. The molecule has 20 heavy (non-hydrogen) atoms. The molecular weight excluding hydrogens is 276 g/mol. The van der Waals surface area contributed by atoms with Crippen LogP contribution in [0.5, 0.6) is 0 Å². The zero-order valence-corrected chi connectivity index (χ0v) is 13.4. The van der Waals surface area contributed by atoms with E-state index in [4.69, 9.17) is 0 Å². The minimum Gasteiger partial charge on any atom is -0.348 e. The van der Waals surface area contributed by atoms with E-state index in [2.05, 4.69) is 4.90 Å². The Hall–Kier alpha value is -0.620. The molecule has 0 aromatic heterocycles. The van der Waals surface area contributed by atoms with E-state index in [-0.39, 0.29) is 23.5 Å². The number of carbonyl (C=O) groups excluding carboxylic acids is 1. The van der Waals surface area contributed by atoms with Crippen LogP contribution in [0.15, 0.2) is 0 Å². The number of rotatable bonds is 4. The molecule has 2 fully saturated rings. The highest BCUT2D eigenvalue weighted by atomic mass is 32.2. The van der Waals surface area contributed by atoms with Gasteiger partial charge in [0.05, 0.1) is 18.1 Å². The fourth-order valence-corrected chi connectivity index (χ4v) is 5.05. The molecule has 2 rings (SSSR count). The Kier molecular flexibility index (Phi) is 5.07. The summed E-state index contributed by atoms with van der Waals surface area (Å²) in [5, 5.41) is 0. The summed E-state index contributed by atoms with van der Waals surface area (Å²) in [5.74, 6) is 0.571. The molecule has 1 aliphatic carbocycles. The van der Waals surface area contributed by atoms with Crippen LogP contribution in [-0.4, -0.2) is 68.4 Å². The third-order valence-corrected chi connectivity index (χ3v) is 6.29. The molecular formula is C14H26N2O3S. The highest BCUT2D eigenvalue weighted by molar-refractivity contribution is 7.91. The first kappa shape index (κ1) is 15.8. The summed E-state index contributed by atoms with van der Waals surface area (Å²) in [6.07, 6.45) is 6.51. The number of nitrogens with zero attached hydrogens (tertiary/aromatic N) is 2. The van der Waals surface area contributed by atoms with Gasteiger partial charge < -0.3 is 4.90 Å². The predicted octanol–water partition coefficient (Wildman–Crippen LogP) is 0.896. The van der Waals surface area contributed by atoms with E-state index < -0.39 is 9.84 Å². The SMILES string of the molecule is CN(C)C(=O)CN(C1CCCCC1)[C@H]1CCS(=O)(=O)C1. The Balaban J connectivity index is 2.09. The fraction of sp³-hybridized carbons (Fsp3) is 0.929. The summed E-state index contributed by atoms with van der Waals surface area (Å²) >= 11 is 0. The second kappa shape index (κ2) is 6.43. The van der Waals surface area contributed by atoms with Gasteiger partial charge in [-0.2, -0.15) is 0 Å². The number of hydrogen-bond donors (Lipinski definition) is 0. The van der Waals surface area contributed by atoms with Crippen LogP contribution in [-0.2, 0) is 14.6 Å². The topological polar surface area (TPSA) is 57.7 Å². The van der Waals surface area contributed by atoms with Crippen molar-refractivity contribution in [2.24, 2.45) is 0 Å². The van der Waals surface area contributed by atoms with E-state index in [1.807, 2.05) is 0 Å². The van der Waals surface area contributed by atoms with Crippen molar-refractivity contribution in [1.82, 2.24) is 9.80 Å². The molecule has 0 aromatic carbocycles. The molecule has 1 atom stereocenters. The predicted molar refractivity (Wildman–Crippen MR) is 79.3 cm³/mol. The van der Waals surface area contributed by atoms with Gasteiger partial charge in [-0.3, -0.25) is 9.69 Å². The first-order valence-corrected chi connectivity index (χ1v) is 9.37. The van der Waals surface area contributed by atoms with Crippen LogP contribution in [0.2, 0.25) is 0 Å². The smallest absolute Gasteiger partial charge is 0.236 e. The zero-order valence-electron chi connectivity index (χ0n) is 12.5. The number of likely N-dealkylation sites (N-methyl/N-ethyl adjacent to an activating group) is 1. The molecule has 1 saturated heterocycles. The molecule has 0 radical (unpaired) electrons. The van der Waals surface area contributed by atoms with Crippen molar-refractivity contribution in [2.45, 2.75) is 50.6 Å². The van der Waals surface area contributed by atoms with Gasteiger partial charge in [-0.1, -0.05) is 19.3 Å². The summed E-state index contributed by atoms with van der Waals surface area (Å²) in [7, 11) is 0.612. The van der Waals surface area contributed by atoms with Crippen LogP contribution >= 0.6 is 0 Å². The lowest BCUT2D eigenvalue weighted by Crippen LogP contribution is -2.49. The minimum absolute atomic E-state index is 0.0343. The van der Waals surface area contributed by atoms with Gasteiger partial charge in [0, 0.05) is 26.2 Å². The summed E-state index contributed by atoms with van der Waals surface area (Å²) < 4.78 is 23.5. The van der Waals surface area contributed by atoms with Gasteiger partial charge in [0.2, 0.25) is 5.91 Å². The Bertz CT molecular complexity index is 441. The summed E-state index contributed by atoms with van der Waals surface area (Å²) in [6.45, 7) is 0.359. The molecule has 1 saturated carbocycles. The summed E-state index contributed by atoms with van der Waals surface area (Å²) in [6, 6.07) is 0.415. The maximum Gasteiger partial charge on any atom is 0.236 e. The highest BCUT2D eigenvalue weighted by Crippen LogP contribution is 2.28. The van der Waals surface area contributed by atoms with Gasteiger partial charge in [-0.15, -0.1) is 0 Å². The largest absolute Gasteiger partial charge is 0.348 e. The second-order valence-electron chi connectivity index (χ2n) is 6.31. The Morgan fingerprint density at radius 3 is 2.20 bits per heavy atom. The molecule has 1 amide bonds. The van der Waals surface area contributed by atoms with E-state index in [0.717, 1.165) is 12.8 Å². The van der Waals surface area contributed by atoms with Crippen molar-refractivity contribution in [2.75, 3.05) is 32.1 Å². The van der Waals surface area contributed by atoms with E-state index in [0.29, 0.717) is 19.0 Å². The van der Waals surface area contributed by atoms with Crippen LogP contribution in [0.25, 0.3) is 0 Å². The fourth-order valence-electron chi connectivity index (χ4n) is 3.30. The quantitative estimate of drug-likeness (QED) is 0.774. The van der Waals surface area contributed by atoms with Gasteiger partial charge >= 0.3 is 0 Å². The van der Waals surface area contributed by atoms with Crippen molar-refractivity contribution in [3.8, 4) is 0 Å². The average Bonchev–Trinajstić information content (AvgIpc) is 2.76. The van der Waals surface area contributed by atoms with Crippen molar-refractivity contribution >= 4 is 15.7 Å². The minimum atomic E-state index is -2.90. The van der Waals surface area contributed by atoms with Crippen molar-refractivity contribution < 1.29 is 13.2 Å². The third-order valence-electron chi connectivity index (χ3n) is 4.54. The molecule has 6 heteroatoms. The maximum atomic E-state index is 12.0. The molecule has 0 unspecified atom stereocenters. The molecule has 2 aliphatic rings. The standard InChI is InChI=1S/C14H26N2O3S/c1-15(2)14(17)10-16(12-6-4-3-5-7-12)13-8-9-20(18,19)11-13/h12-13H,3-11H2,1-2H3/t13-/m0/s1. The van der Waals surface area contributed by atoms with Crippen molar-refractivity contribution in [1.29, 1.82) is 0 Å². The number of amides is 1. The first-order valence-electron chi connectivity index (χ1n) is 7.55. The average molecular weight is 302 g/mol. The van der Waals surface area contributed by atoms with Crippen LogP contribution < -0.4 is 0 Å². The van der Waals surface area contributed by atoms with Crippen molar-refractivity contribution in [3.05, 3.63) is 0 Å². The molecule has 1 aliphatic heterocycles. The van der Waals surface area contributed by atoms with E-state index in [1.165, 1.54) is 19.3 Å². The molecule has 0 N–H and O–H groups in total. The number of carbonyl (C=O) groups is 1. The Morgan fingerprint density at radius 1 is 1.05 bits per heavy atom. The maximum absolute atomic E-state index is 12.0. The normalized spacial score (nSPS) is 26.9. The summed E-state index contributed by atoms with van der Waals surface area (Å²) in [4.78, 5) is 15.8. The second-order valence-corrected chi connectivity index (χ2v) is 8.54. The lowest BCUT2D eigenvalue weighted by molar-refractivity contribution is -0.131. The Labute approximate surface area is 122 Å². The van der Waals surface area contributed by atoms with Crippen molar-refractivity contribution in [3.63, 3.8) is 0 Å². The molecule has 0 spiro atoms. The number of sulfone groups is 1. The monoisotopic (exact) mass is 302 g/mol. The van der Waals surface area contributed by atoms with Crippen LogP contribution in [0, 0.1) is 0 Å². The van der Waals surface area contributed by atoms with Gasteiger partial charge in [0.1, 0.15) is 0 Å². The first-order chi connectivity index (χ1) is 9.39. The Morgan fingerprint density at radius 2 is 1.70 bits per heavy atom. The van der Waals surface area contributed by atoms with Gasteiger partial charge in [-0.05, 0) is 19.3 Å². The van der Waals surface area contributed by atoms with Gasteiger partial charge in [0.15, 0.2) is 9.84 Å². The number of hydrogen-bond acceptors (Lipinski definition) is 4. The molecule has 5 nitrogen and oxygen atoms in total. The zero-order chi connectivity index (χ0) is 14.8. The van der Waals surface area contributed by atoms with Crippen LogP contribution in [0.3, 0.4) is 0 Å². The summed E-state index contributed by atoms with van der Waals surface area (Å²) in [5.41, 5.74) is 0. The van der Waals surface area contributed by atoms with E-state index in [9.17, 15) is 13.2 Å². The third kappa shape index (κ3) is 3.95. The van der Waals surface area contributed by atoms with Crippen LogP contribution in [0.4, 0.5) is 0 Å². The van der Waals surface area contributed by atoms with E-state index >= 15 is 0 Å². The highest BCUT2D eigenvalue weighted by Gasteiger charge is 2.36. The van der Waals surface area contributed by atoms with Gasteiger partial charge in [-0.25, -0.2) is 8.42 Å². The molecule has 116 valence electrons. The molecule has 0 bridgehead atoms.